The molecule has 0 unspecified atom stereocenters. The van der Waals surface area contributed by atoms with Gasteiger partial charge in [-0.1, -0.05) is 31.4 Å². The molecule has 1 heterocycles. The van der Waals surface area contributed by atoms with Crippen molar-refractivity contribution in [1.82, 2.24) is 9.66 Å². The van der Waals surface area contributed by atoms with Crippen molar-refractivity contribution in [2.75, 3.05) is 0 Å². The van der Waals surface area contributed by atoms with Crippen LogP contribution in [0.4, 0.5) is 11.4 Å². The van der Waals surface area contributed by atoms with Crippen LogP contribution in [0.15, 0.2) is 76.6 Å². The van der Waals surface area contributed by atoms with Gasteiger partial charge in [-0.05, 0) is 48.7 Å². The van der Waals surface area contributed by atoms with Crippen LogP contribution < -0.4 is 10.3 Å². The van der Waals surface area contributed by atoms with Gasteiger partial charge in [0.15, 0.2) is 0 Å². The van der Waals surface area contributed by atoms with Gasteiger partial charge in [0.25, 0.3) is 16.9 Å². The van der Waals surface area contributed by atoms with Crippen LogP contribution in [0, 0.1) is 20.2 Å². The summed E-state index contributed by atoms with van der Waals surface area (Å²) in [5.74, 6) is 0.966. The second-order valence-corrected chi connectivity index (χ2v) is 9.38. The molecule has 5 rings (SSSR count). The molecule has 4 aromatic rings. The lowest BCUT2D eigenvalue weighted by atomic mass is 9.88. The number of non-ortho nitro benzene ring substituents is 2. The number of ether oxygens (including phenoxy) is 1. The maximum Gasteiger partial charge on any atom is 0.282 e. The average Bonchev–Trinajstić information content (AvgIpc) is 2.96. The molecule has 0 bridgehead atoms. The first-order valence-corrected chi connectivity index (χ1v) is 12.6. The Kier molecular flexibility index (Phi) is 7.39. The van der Waals surface area contributed by atoms with Gasteiger partial charge in [0.05, 0.1) is 27.0 Å². The summed E-state index contributed by atoms with van der Waals surface area (Å²) in [6, 6.07) is 17.1. The van der Waals surface area contributed by atoms with Crippen molar-refractivity contribution >= 4 is 28.5 Å². The predicted octanol–water partition coefficient (Wildman–Crippen LogP) is 5.72. The molecule has 1 aliphatic carbocycles. The molecule has 0 aliphatic heterocycles. The van der Waals surface area contributed by atoms with Gasteiger partial charge in [-0.25, -0.2) is 4.98 Å². The largest absolute Gasteiger partial charge is 0.488 e. The number of hydrogen-bond acceptors (Lipinski definition) is 8. The van der Waals surface area contributed by atoms with Gasteiger partial charge in [0.2, 0.25) is 0 Å². The highest BCUT2D eigenvalue weighted by molar-refractivity contribution is 5.85. The van der Waals surface area contributed by atoms with E-state index >= 15 is 0 Å². The van der Waals surface area contributed by atoms with Gasteiger partial charge >= 0.3 is 0 Å². The first-order chi connectivity index (χ1) is 18.9. The van der Waals surface area contributed by atoms with Crippen molar-refractivity contribution in [2.24, 2.45) is 5.10 Å². The summed E-state index contributed by atoms with van der Waals surface area (Å²) in [4.78, 5) is 39.6. The third-order valence-corrected chi connectivity index (χ3v) is 6.81. The zero-order valence-corrected chi connectivity index (χ0v) is 20.9. The van der Waals surface area contributed by atoms with E-state index in [1.807, 2.05) is 12.1 Å². The lowest BCUT2D eigenvalue weighted by Crippen LogP contribution is -2.25. The van der Waals surface area contributed by atoms with E-state index in [1.165, 1.54) is 41.2 Å². The molecule has 39 heavy (non-hydrogen) atoms. The molecule has 0 saturated heterocycles. The maximum atomic E-state index is 13.5. The molecule has 198 valence electrons. The Morgan fingerprint density at radius 3 is 2.36 bits per heavy atom. The summed E-state index contributed by atoms with van der Waals surface area (Å²) in [7, 11) is 0. The fourth-order valence-corrected chi connectivity index (χ4v) is 4.75. The number of hydrogen-bond donors (Lipinski definition) is 0. The maximum absolute atomic E-state index is 13.5. The molecule has 0 atom stereocenters. The average molecular weight is 528 g/mol. The number of nitro groups is 2. The van der Waals surface area contributed by atoms with Crippen molar-refractivity contribution < 1.29 is 14.6 Å². The van der Waals surface area contributed by atoms with Gasteiger partial charge in [-0.3, -0.25) is 25.0 Å². The van der Waals surface area contributed by atoms with Crippen molar-refractivity contribution in [3.8, 4) is 5.75 Å². The fraction of sp³-hybridized carbons (Fsp3) is 0.250. The number of benzene rings is 3. The molecule has 1 aliphatic rings. The van der Waals surface area contributed by atoms with Gasteiger partial charge in [0, 0.05) is 35.7 Å². The molecule has 1 saturated carbocycles. The second-order valence-electron chi connectivity index (χ2n) is 9.38. The van der Waals surface area contributed by atoms with E-state index in [0.29, 0.717) is 33.6 Å². The van der Waals surface area contributed by atoms with Gasteiger partial charge in [0.1, 0.15) is 18.2 Å². The zero-order valence-electron chi connectivity index (χ0n) is 20.9. The lowest BCUT2D eigenvalue weighted by Gasteiger charge is -2.22. The van der Waals surface area contributed by atoms with Crippen molar-refractivity contribution in [3.63, 3.8) is 0 Å². The number of aromatic nitrogens is 2. The van der Waals surface area contributed by atoms with Crippen LogP contribution in [-0.2, 0) is 6.61 Å². The molecule has 0 amide bonds. The number of nitrogens with zero attached hydrogens (tertiary/aromatic N) is 5. The SMILES string of the molecule is O=c1c2ccccc2nc(C2CCCCC2)n1N=Cc1cc([N+](=O)[O-])ccc1OCc1ccc([N+](=O)[O-])cc1. The van der Waals surface area contributed by atoms with Crippen LogP contribution in [0.25, 0.3) is 10.9 Å². The quantitative estimate of drug-likeness (QED) is 0.162. The Hall–Kier alpha value is -4.93. The third-order valence-electron chi connectivity index (χ3n) is 6.81. The molecule has 3 aromatic carbocycles. The molecule has 0 N–H and O–H groups in total. The number of fused-ring (bicyclic) bond motifs is 1. The monoisotopic (exact) mass is 527 g/mol. The molecule has 0 spiro atoms. The summed E-state index contributed by atoms with van der Waals surface area (Å²) >= 11 is 0. The molecule has 1 fully saturated rings. The lowest BCUT2D eigenvalue weighted by molar-refractivity contribution is -0.385. The molecule has 11 nitrogen and oxygen atoms in total. The minimum absolute atomic E-state index is 0.0369. The molecule has 1 aromatic heterocycles. The molecular weight excluding hydrogens is 502 g/mol. The van der Waals surface area contributed by atoms with E-state index in [0.717, 1.165) is 32.1 Å². The van der Waals surface area contributed by atoms with E-state index in [-0.39, 0.29) is 29.5 Å². The highest BCUT2D eigenvalue weighted by atomic mass is 16.6. The Balaban J connectivity index is 1.52. The fourth-order valence-electron chi connectivity index (χ4n) is 4.75. The highest BCUT2D eigenvalue weighted by Crippen LogP contribution is 2.32. The Morgan fingerprint density at radius 2 is 1.64 bits per heavy atom. The van der Waals surface area contributed by atoms with Crippen LogP contribution in [-0.4, -0.2) is 25.7 Å². The number of nitro benzene ring substituents is 2. The molecule has 11 heteroatoms. The summed E-state index contributed by atoms with van der Waals surface area (Å²) < 4.78 is 7.21. The Bertz CT molecular complexity index is 1620. The third kappa shape index (κ3) is 5.66. The smallest absolute Gasteiger partial charge is 0.282 e. The summed E-state index contributed by atoms with van der Waals surface area (Å²) in [6.07, 6.45) is 6.41. The van der Waals surface area contributed by atoms with E-state index in [2.05, 4.69) is 5.10 Å². The van der Waals surface area contributed by atoms with Crippen molar-refractivity contribution in [3.05, 3.63) is 114 Å². The Labute approximate surface area is 222 Å². The van der Waals surface area contributed by atoms with Crippen LogP contribution in [0.5, 0.6) is 5.75 Å². The van der Waals surface area contributed by atoms with Gasteiger partial charge < -0.3 is 4.74 Å². The van der Waals surface area contributed by atoms with Gasteiger partial charge in [-0.2, -0.15) is 9.78 Å². The van der Waals surface area contributed by atoms with E-state index in [1.54, 1.807) is 24.3 Å². The van der Waals surface area contributed by atoms with Gasteiger partial charge in [-0.15, -0.1) is 0 Å². The second kappa shape index (κ2) is 11.2. The number of rotatable bonds is 8. The summed E-state index contributed by atoms with van der Waals surface area (Å²) in [6.45, 7) is 0.0709. The first-order valence-electron chi connectivity index (χ1n) is 12.6. The number of para-hydroxylation sites is 1. The minimum atomic E-state index is -0.519. The van der Waals surface area contributed by atoms with Crippen molar-refractivity contribution in [2.45, 2.75) is 44.6 Å². The topological polar surface area (TPSA) is 143 Å². The molecular formula is C28H25N5O6. The van der Waals surface area contributed by atoms with E-state index < -0.39 is 9.85 Å². The minimum Gasteiger partial charge on any atom is -0.488 e. The zero-order chi connectivity index (χ0) is 27.4. The van der Waals surface area contributed by atoms with Crippen LogP contribution >= 0.6 is 0 Å². The highest BCUT2D eigenvalue weighted by Gasteiger charge is 2.22. The van der Waals surface area contributed by atoms with E-state index in [4.69, 9.17) is 9.72 Å². The predicted molar refractivity (Wildman–Crippen MR) is 145 cm³/mol. The van der Waals surface area contributed by atoms with E-state index in [9.17, 15) is 25.0 Å². The normalized spacial score (nSPS) is 14.1. The standard InChI is InChI=1S/C28H25N5O6/c34-28-24-8-4-5-9-25(24)30-27(20-6-2-1-3-7-20)31(28)29-17-21-16-23(33(37)38)14-15-26(21)39-18-19-10-12-22(13-11-19)32(35)36/h4-5,8-17,20H,1-3,6-7,18H2. The summed E-state index contributed by atoms with van der Waals surface area (Å²) in [5.41, 5.74) is 1.09. The van der Waals surface area contributed by atoms with Crippen LogP contribution in [0.2, 0.25) is 0 Å². The van der Waals surface area contributed by atoms with Crippen molar-refractivity contribution in [1.29, 1.82) is 0 Å². The first kappa shape index (κ1) is 25.7. The molecule has 0 radical (unpaired) electrons. The summed E-state index contributed by atoms with van der Waals surface area (Å²) in [5, 5.41) is 27.3. The van der Waals surface area contributed by atoms with Crippen LogP contribution in [0.1, 0.15) is 55.0 Å². The Morgan fingerprint density at radius 1 is 0.949 bits per heavy atom. The van der Waals surface area contributed by atoms with Crippen LogP contribution in [0.3, 0.4) is 0 Å².